The normalized spacial score (nSPS) is 11.6. The number of ether oxygens (including phenoxy) is 2. The summed E-state index contributed by atoms with van der Waals surface area (Å²) in [4.78, 5) is 22.2. The Morgan fingerprint density at radius 1 is 1.24 bits per heavy atom. The Morgan fingerprint density at radius 2 is 1.88 bits per heavy atom. The van der Waals surface area contributed by atoms with E-state index in [-0.39, 0.29) is 24.6 Å². The van der Waals surface area contributed by atoms with Gasteiger partial charge in [-0.25, -0.2) is 4.79 Å². The average molecular weight is 236 g/mol. The van der Waals surface area contributed by atoms with Crippen LogP contribution in [0.5, 0.6) is 0 Å². The van der Waals surface area contributed by atoms with E-state index in [2.05, 4.69) is 0 Å². The molecule has 17 heavy (non-hydrogen) atoms. The lowest BCUT2D eigenvalue weighted by molar-refractivity contribution is -0.141. The van der Waals surface area contributed by atoms with E-state index in [4.69, 9.17) is 9.47 Å². The lowest BCUT2D eigenvalue weighted by Gasteiger charge is -2.12. The first kappa shape index (κ1) is 13.2. The van der Waals surface area contributed by atoms with Crippen LogP contribution >= 0.6 is 0 Å². The highest BCUT2D eigenvalue weighted by molar-refractivity contribution is 5.89. The van der Waals surface area contributed by atoms with E-state index >= 15 is 0 Å². The standard InChI is InChI=1S/C13H16O4/c1-10(8-9-16-11(2)14)17-13(15)12-6-4-3-5-7-12/h3-7,10H,8-9H2,1-2H3. The summed E-state index contributed by atoms with van der Waals surface area (Å²) in [6.07, 6.45) is 0.222. The summed E-state index contributed by atoms with van der Waals surface area (Å²) in [5.74, 6) is -0.687. The van der Waals surface area contributed by atoms with Crippen molar-refractivity contribution in [3.05, 3.63) is 35.9 Å². The van der Waals surface area contributed by atoms with Crippen molar-refractivity contribution in [1.29, 1.82) is 0 Å². The number of carbonyl (C=O) groups is 2. The number of carbonyl (C=O) groups excluding carboxylic acids is 2. The molecule has 1 aromatic carbocycles. The Kier molecular flexibility index (Phi) is 5.20. The van der Waals surface area contributed by atoms with Gasteiger partial charge in [-0.15, -0.1) is 0 Å². The van der Waals surface area contributed by atoms with Crippen LogP contribution in [0.1, 0.15) is 30.6 Å². The van der Waals surface area contributed by atoms with Crippen LogP contribution in [0, 0.1) is 0 Å². The fourth-order valence-electron chi connectivity index (χ4n) is 1.25. The molecule has 0 saturated heterocycles. The monoisotopic (exact) mass is 236 g/mol. The highest BCUT2D eigenvalue weighted by Crippen LogP contribution is 2.06. The summed E-state index contributed by atoms with van der Waals surface area (Å²) >= 11 is 0. The van der Waals surface area contributed by atoms with Gasteiger partial charge >= 0.3 is 11.9 Å². The Hall–Kier alpha value is -1.84. The lowest BCUT2D eigenvalue weighted by Crippen LogP contribution is -2.17. The van der Waals surface area contributed by atoms with Crippen molar-refractivity contribution in [2.24, 2.45) is 0 Å². The first-order valence-corrected chi connectivity index (χ1v) is 5.49. The SMILES string of the molecule is CC(=O)OCCC(C)OC(=O)c1ccccc1. The van der Waals surface area contributed by atoms with Gasteiger partial charge in [0, 0.05) is 13.3 Å². The van der Waals surface area contributed by atoms with Crippen molar-refractivity contribution in [3.63, 3.8) is 0 Å². The summed E-state index contributed by atoms with van der Waals surface area (Å²) in [5.41, 5.74) is 0.520. The lowest BCUT2D eigenvalue weighted by atomic mass is 10.2. The van der Waals surface area contributed by atoms with Crippen molar-refractivity contribution >= 4 is 11.9 Å². The largest absolute Gasteiger partial charge is 0.466 e. The zero-order chi connectivity index (χ0) is 12.7. The zero-order valence-corrected chi connectivity index (χ0v) is 10.0. The van der Waals surface area contributed by atoms with Crippen LogP contribution in [0.15, 0.2) is 30.3 Å². The van der Waals surface area contributed by atoms with Crippen molar-refractivity contribution in [3.8, 4) is 0 Å². The topological polar surface area (TPSA) is 52.6 Å². The Balaban J connectivity index is 2.34. The van der Waals surface area contributed by atoms with Gasteiger partial charge in [0.1, 0.15) is 6.10 Å². The van der Waals surface area contributed by atoms with Gasteiger partial charge in [-0.3, -0.25) is 4.79 Å². The Labute approximate surface area is 101 Å². The molecule has 0 N–H and O–H groups in total. The van der Waals surface area contributed by atoms with Crippen LogP contribution in [-0.2, 0) is 14.3 Å². The van der Waals surface area contributed by atoms with Gasteiger partial charge in [-0.1, -0.05) is 18.2 Å². The summed E-state index contributed by atoms with van der Waals surface area (Å²) in [5, 5.41) is 0. The van der Waals surface area contributed by atoms with E-state index in [1.807, 2.05) is 6.07 Å². The molecule has 1 rings (SSSR count). The van der Waals surface area contributed by atoms with E-state index in [0.29, 0.717) is 12.0 Å². The van der Waals surface area contributed by atoms with Crippen LogP contribution in [0.4, 0.5) is 0 Å². The second-order valence-electron chi connectivity index (χ2n) is 3.71. The number of hydrogen-bond donors (Lipinski definition) is 0. The van der Waals surface area contributed by atoms with E-state index in [1.54, 1.807) is 31.2 Å². The minimum atomic E-state index is -0.360. The molecule has 0 heterocycles. The number of rotatable bonds is 5. The van der Waals surface area contributed by atoms with E-state index in [9.17, 15) is 9.59 Å². The maximum atomic E-state index is 11.6. The van der Waals surface area contributed by atoms with E-state index in [1.165, 1.54) is 6.92 Å². The number of esters is 2. The maximum Gasteiger partial charge on any atom is 0.338 e. The predicted octanol–water partition coefficient (Wildman–Crippen LogP) is 2.19. The molecule has 0 fully saturated rings. The van der Waals surface area contributed by atoms with Gasteiger partial charge < -0.3 is 9.47 Å². The van der Waals surface area contributed by atoms with Gasteiger partial charge in [-0.2, -0.15) is 0 Å². The third-order valence-electron chi connectivity index (χ3n) is 2.15. The molecule has 0 bridgehead atoms. The fraction of sp³-hybridized carbons (Fsp3) is 0.385. The third-order valence-corrected chi connectivity index (χ3v) is 2.15. The zero-order valence-electron chi connectivity index (χ0n) is 10.0. The molecular formula is C13H16O4. The molecule has 1 unspecified atom stereocenters. The van der Waals surface area contributed by atoms with E-state index in [0.717, 1.165) is 0 Å². The summed E-state index contributed by atoms with van der Waals surface area (Å²) < 4.78 is 9.96. The third kappa shape index (κ3) is 5.15. The predicted molar refractivity (Wildman–Crippen MR) is 62.6 cm³/mol. The van der Waals surface area contributed by atoms with Crippen LogP contribution in [0.25, 0.3) is 0 Å². The first-order valence-electron chi connectivity index (χ1n) is 5.49. The first-order chi connectivity index (χ1) is 8.09. The van der Waals surface area contributed by atoms with Crippen molar-refractivity contribution in [1.82, 2.24) is 0 Å². The van der Waals surface area contributed by atoms with Crippen LogP contribution in [0.3, 0.4) is 0 Å². The van der Waals surface area contributed by atoms with E-state index < -0.39 is 0 Å². The van der Waals surface area contributed by atoms with Gasteiger partial charge in [0.2, 0.25) is 0 Å². The van der Waals surface area contributed by atoms with Gasteiger partial charge in [0.25, 0.3) is 0 Å². The van der Waals surface area contributed by atoms with Gasteiger partial charge in [0.05, 0.1) is 12.2 Å². The Morgan fingerprint density at radius 3 is 2.47 bits per heavy atom. The minimum absolute atomic E-state index is 0.262. The quantitative estimate of drug-likeness (QED) is 0.735. The number of benzene rings is 1. The van der Waals surface area contributed by atoms with Crippen molar-refractivity contribution < 1.29 is 19.1 Å². The van der Waals surface area contributed by atoms with Crippen molar-refractivity contribution in [2.45, 2.75) is 26.4 Å². The summed E-state index contributed by atoms with van der Waals surface area (Å²) in [6, 6.07) is 8.78. The maximum absolute atomic E-state index is 11.6. The molecule has 0 aliphatic carbocycles. The van der Waals surface area contributed by atoms with Crippen LogP contribution in [0.2, 0.25) is 0 Å². The van der Waals surface area contributed by atoms with Crippen molar-refractivity contribution in [2.75, 3.05) is 6.61 Å². The van der Waals surface area contributed by atoms with Gasteiger partial charge in [-0.05, 0) is 19.1 Å². The summed E-state index contributed by atoms with van der Waals surface area (Å²) in [7, 11) is 0. The second-order valence-corrected chi connectivity index (χ2v) is 3.71. The summed E-state index contributed by atoms with van der Waals surface area (Å²) in [6.45, 7) is 3.38. The molecule has 4 heteroatoms. The molecule has 0 aromatic heterocycles. The highest BCUT2D eigenvalue weighted by atomic mass is 16.6. The molecular weight excluding hydrogens is 220 g/mol. The Bertz CT molecular complexity index is 372. The average Bonchev–Trinajstić information content (AvgIpc) is 2.29. The number of hydrogen-bond acceptors (Lipinski definition) is 4. The molecule has 1 atom stereocenters. The fourth-order valence-corrected chi connectivity index (χ4v) is 1.25. The molecule has 1 aromatic rings. The molecule has 0 amide bonds. The molecule has 4 nitrogen and oxygen atoms in total. The molecule has 92 valence electrons. The molecule has 0 radical (unpaired) electrons. The molecule has 0 spiro atoms. The minimum Gasteiger partial charge on any atom is -0.466 e. The van der Waals surface area contributed by atoms with Crippen LogP contribution < -0.4 is 0 Å². The molecule has 0 aliphatic rings. The van der Waals surface area contributed by atoms with Crippen LogP contribution in [-0.4, -0.2) is 24.6 Å². The molecule has 0 saturated carbocycles. The van der Waals surface area contributed by atoms with Gasteiger partial charge in [0.15, 0.2) is 0 Å². The highest BCUT2D eigenvalue weighted by Gasteiger charge is 2.11. The molecule has 0 aliphatic heterocycles. The smallest absolute Gasteiger partial charge is 0.338 e. The second kappa shape index (κ2) is 6.68.